The maximum absolute atomic E-state index is 12.0. The van der Waals surface area contributed by atoms with Crippen molar-refractivity contribution in [2.45, 2.75) is 39.5 Å². The van der Waals surface area contributed by atoms with E-state index in [0.29, 0.717) is 19.5 Å². The Morgan fingerprint density at radius 2 is 1.82 bits per heavy atom. The highest BCUT2D eigenvalue weighted by molar-refractivity contribution is 5.73. The van der Waals surface area contributed by atoms with Crippen LogP contribution in [0.4, 0.5) is 10.5 Å². The van der Waals surface area contributed by atoms with Crippen LogP contribution in [-0.2, 0) is 27.4 Å². The monoisotopic (exact) mass is 308 g/mol. The minimum Gasteiger partial charge on any atom is -0.444 e. The van der Waals surface area contributed by atoms with E-state index in [1.165, 1.54) is 0 Å². The molecule has 0 fully saturated rings. The van der Waals surface area contributed by atoms with Crippen molar-refractivity contribution in [2.24, 2.45) is 0 Å². The van der Waals surface area contributed by atoms with E-state index >= 15 is 0 Å². The lowest BCUT2D eigenvalue weighted by atomic mass is 10.1. The summed E-state index contributed by atoms with van der Waals surface area (Å²) in [5.74, 6) is 0. The second-order valence-corrected chi connectivity index (χ2v) is 5.99. The molecule has 1 aliphatic rings. The second-order valence-electron chi connectivity index (χ2n) is 5.99. The average molecular weight is 308 g/mol. The summed E-state index contributed by atoms with van der Waals surface area (Å²) < 4.78 is 9.60. The summed E-state index contributed by atoms with van der Waals surface area (Å²) in [5, 5.41) is 2.60. The standard InChI is InChI=1S/C14H18N2O3.C2H6O/c1-14(2,3)19-13(18)16-7-10-4-5-12(15-9-17)6-11(10)8-16;1-3-2/h4-6,9H,7-8H2,1-3H3,(H,15,17);1-2H3. The van der Waals surface area contributed by atoms with Crippen LogP contribution in [0.2, 0.25) is 0 Å². The van der Waals surface area contributed by atoms with Crippen molar-refractivity contribution in [3.63, 3.8) is 0 Å². The minimum absolute atomic E-state index is 0.311. The lowest BCUT2D eigenvalue weighted by Gasteiger charge is -2.24. The van der Waals surface area contributed by atoms with Crippen LogP contribution >= 0.6 is 0 Å². The van der Waals surface area contributed by atoms with E-state index in [1.54, 1.807) is 19.1 Å². The number of nitrogens with one attached hydrogen (secondary N) is 1. The van der Waals surface area contributed by atoms with Gasteiger partial charge in [-0.15, -0.1) is 0 Å². The molecule has 1 aromatic carbocycles. The summed E-state index contributed by atoms with van der Waals surface area (Å²) in [7, 11) is 3.25. The summed E-state index contributed by atoms with van der Waals surface area (Å²) in [6.45, 7) is 6.60. The van der Waals surface area contributed by atoms with E-state index < -0.39 is 5.60 Å². The molecule has 0 saturated heterocycles. The molecule has 1 heterocycles. The molecule has 1 aliphatic heterocycles. The molecule has 0 spiro atoms. The molecule has 0 aliphatic carbocycles. The third kappa shape index (κ3) is 5.37. The largest absolute Gasteiger partial charge is 0.444 e. The van der Waals surface area contributed by atoms with Crippen molar-refractivity contribution in [2.75, 3.05) is 19.5 Å². The SMILES string of the molecule is CC(C)(C)OC(=O)N1Cc2ccc(NC=O)cc2C1.COC. The Kier molecular flexibility index (Phi) is 6.37. The first kappa shape index (κ1) is 18.0. The number of fused-ring (bicyclic) bond motifs is 1. The molecule has 0 radical (unpaired) electrons. The third-order valence-electron chi connectivity index (χ3n) is 2.81. The number of benzene rings is 1. The van der Waals surface area contributed by atoms with Crippen LogP contribution in [-0.4, -0.2) is 37.2 Å². The predicted molar refractivity (Wildman–Crippen MR) is 84.5 cm³/mol. The number of carbonyl (C=O) groups excluding carboxylic acids is 2. The van der Waals surface area contributed by atoms with E-state index in [-0.39, 0.29) is 6.09 Å². The van der Waals surface area contributed by atoms with Crippen molar-refractivity contribution < 1.29 is 19.1 Å². The lowest BCUT2D eigenvalue weighted by molar-refractivity contribution is -0.105. The fourth-order valence-electron chi connectivity index (χ4n) is 2.01. The Bertz CT molecular complexity index is 523. The van der Waals surface area contributed by atoms with Crippen molar-refractivity contribution in [1.29, 1.82) is 0 Å². The minimum atomic E-state index is -0.490. The van der Waals surface area contributed by atoms with E-state index in [2.05, 4.69) is 10.1 Å². The summed E-state index contributed by atoms with van der Waals surface area (Å²) in [5.41, 5.74) is 2.37. The van der Waals surface area contributed by atoms with Gasteiger partial charge in [0.05, 0.1) is 0 Å². The number of rotatable bonds is 2. The number of nitrogens with zero attached hydrogens (tertiary/aromatic N) is 1. The number of amides is 2. The zero-order chi connectivity index (χ0) is 16.8. The highest BCUT2D eigenvalue weighted by atomic mass is 16.6. The normalized spacial score (nSPS) is 12.9. The van der Waals surface area contributed by atoms with Crippen molar-refractivity contribution in [1.82, 2.24) is 4.90 Å². The fraction of sp³-hybridized carbons (Fsp3) is 0.500. The maximum atomic E-state index is 12.0. The number of ether oxygens (including phenoxy) is 2. The van der Waals surface area contributed by atoms with Crippen LogP contribution < -0.4 is 5.32 Å². The highest BCUT2D eigenvalue weighted by Gasteiger charge is 2.27. The van der Waals surface area contributed by atoms with Crippen molar-refractivity contribution >= 4 is 18.2 Å². The Balaban J connectivity index is 0.000000745. The van der Waals surface area contributed by atoms with Crippen LogP contribution in [0.1, 0.15) is 31.9 Å². The molecule has 0 saturated carbocycles. The quantitative estimate of drug-likeness (QED) is 0.853. The van der Waals surface area contributed by atoms with Crippen LogP contribution in [0.3, 0.4) is 0 Å². The summed E-state index contributed by atoms with van der Waals surface area (Å²) >= 11 is 0. The zero-order valence-electron chi connectivity index (χ0n) is 13.8. The van der Waals surface area contributed by atoms with Crippen LogP contribution in [0, 0.1) is 0 Å². The van der Waals surface area contributed by atoms with Crippen LogP contribution in [0.5, 0.6) is 0 Å². The smallest absolute Gasteiger partial charge is 0.410 e. The lowest BCUT2D eigenvalue weighted by Crippen LogP contribution is -2.33. The third-order valence-corrected chi connectivity index (χ3v) is 2.81. The summed E-state index contributed by atoms with van der Waals surface area (Å²) in [4.78, 5) is 24.0. The topological polar surface area (TPSA) is 67.9 Å². The van der Waals surface area contributed by atoms with Gasteiger partial charge in [0.15, 0.2) is 0 Å². The molecule has 6 nitrogen and oxygen atoms in total. The van der Waals surface area contributed by atoms with Gasteiger partial charge in [0, 0.05) is 33.0 Å². The van der Waals surface area contributed by atoms with Crippen molar-refractivity contribution in [3.05, 3.63) is 29.3 Å². The highest BCUT2D eigenvalue weighted by Crippen LogP contribution is 2.26. The molecule has 122 valence electrons. The van der Waals surface area contributed by atoms with E-state index in [1.807, 2.05) is 39.0 Å². The molecule has 0 bridgehead atoms. The Morgan fingerprint density at radius 3 is 2.36 bits per heavy atom. The average Bonchev–Trinajstić information content (AvgIpc) is 2.81. The van der Waals surface area contributed by atoms with Gasteiger partial charge in [0.25, 0.3) is 0 Å². The van der Waals surface area contributed by atoms with E-state index in [9.17, 15) is 9.59 Å². The van der Waals surface area contributed by atoms with Gasteiger partial charge in [-0.1, -0.05) is 6.07 Å². The fourth-order valence-corrected chi connectivity index (χ4v) is 2.01. The Morgan fingerprint density at radius 1 is 1.23 bits per heavy atom. The first-order valence-electron chi connectivity index (χ1n) is 7.00. The molecule has 1 N–H and O–H groups in total. The molecular weight excluding hydrogens is 284 g/mol. The molecule has 22 heavy (non-hydrogen) atoms. The van der Waals surface area contributed by atoms with Gasteiger partial charge in [-0.25, -0.2) is 4.79 Å². The summed E-state index contributed by atoms with van der Waals surface area (Å²) in [6.07, 6.45) is 0.330. The number of methoxy groups -OCH3 is 1. The van der Waals surface area contributed by atoms with Crippen molar-refractivity contribution in [3.8, 4) is 0 Å². The maximum Gasteiger partial charge on any atom is 0.410 e. The van der Waals surface area contributed by atoms with E-state index in [0.717, 1.165) is 16.8 Å². The van der Waals surface area contributed by atoms with Gasteiger partial charge in [-0.05, 0) is 44.0 Å². The Hall–Kier alpha value is -2.08. The number of anilines is 1. The van der Waals surface area contributed by atoms with Gasteiger partial charge in [-0.2, -0.15) is 0 Å². The number of hydrogen-bond donors (Lipinski definition) is 1. The van der Waals surface area contributed by atoms with Gasteiger partial charge < -0.3 is 14.8 Å². The molecule has 6 heteroatoms. The zero-order valence-corrected chi connectivity index (χ0v) is 13.8. The number of hydrogen-bond acceptors (Lipinski definition) is 4. The number of carbonyl (C=O) groups is 2. The Labute approximate surface area is 131 Å². The summed E-state index contributed by atoms with van der Waals surface area (Å²) in [6, 6.07) is 5.63. The molecule has 2 amide bonds. The molecule has 0 unspecified atom stereocenters. The molecule has 2 rings (SSSR count). The van der Waals surface area contributed by atoms with Gasteiger partial charge in [0.2, 0.25) is 6.41 Å². The van der Waals surface area contributed by atoms with Crippen LogP contribution in [0.25, 0.3) is 0 Å². The van der Waals surface area contributed by atoms with Crippen LogP contribution in [0.15, 0.2) is 18.2 Å². The van der Waals surface area contributed by atoms with Gasteiger partial charge in [0.1, 0.15) is 5.60 Å². The molecule has 1 aromatic rings. The molecule has 0 atom stereocenters. The first-order valence-corrected chi connectivity index (χ1v) is 7.00. The van der Waals surface area contributed by atoms with E-state index in [4.69, 9.17) is 4.74 Å². The first-order chi connectivity index (χ1) is 10.3. The van der Waals surface area contributed by atoms with Gasteiger partial charge >= 0.3 is 6.09 Å². The second kappa shape index (κ2) is 7.79. The predicted octanol–water partition coefficient (Wildman–Crippen LogP) is 2.77. The molecular formula is C16H24N2O4. The molecule has 0 aromatic heterocycles. The van der Waals surface area contributed by atoms with Gasteiger partial charge in [-0.3, -0.25) is 9.69 Å².